The van der Waals surface area contributed by atoms with E-state index in [2.05, 4.69) is 17.2 Å². The van der Waals surface area contributed by atoms with Crippen LogP contribution >= 0.6 is 0 Å². The number of amides is 2. The third-order valence-corrected chi connectivity index (χ3v) is 6.35. The Bertz CT molecular complexity index is 760. The number of nitrogens with two attached hydrogens (primary N) is 3. The zero-order chi connectivity index (χ0) is 27.5. The lowest BCUT2D eigenvalue weighted by atomic mass is 9.98. The number of nitrogens with zero attached hydrogens (tertiary/aromatic N) is 2. The van der Waals surface area contributed by atoms with Crippen LogP contribution in [0, 0.1) is 5.92 Å². The summed E-state index contributed by atoms with van der Waals surface area (Å²) in [6, 6.07) is -1.47. The number of aliphatic imine (C=N–C) groups is 1. The van der Waals surface area contributed by atoms with Crippen molar-refractivity contribution in [2.24, 2.45) is 28.1 Å². The minimum Gasteiger partial charge on any atom is -0.370 e. The van der Waals surface area contributed by atoms with Crippen LogP contribution in [0.3, 0.4) is 0 Å². The van der Waals surface area contributed by atoms with Crippen LogP contribution in [0.1, 0.15) is 99.3 Å². The van der Waals surface area contributed by atoms with Gasteiger partial charge in [0.1, 0.15) is 0 Å². The largest absolute Gasteiger partial charge is 0.370 e. The lowest BCUT2D eigenvalue weighted by Crippen LogP contribution is -2.65. The number of hydrogen-bond acceptors (Lipinski definition) is 6. The molecular weight excluding hydrogens is 460 g/mol. The summed E-state index contributed by atoms with van der Waals surface area (Å²) in [5.41, 5.74) is 14.8. The second kappa shape index (κ2) is 14.5. The number of guanidine groups is 1. The van der Waals surface area contributed by atoms with Crippen LogP contribution in [-0.4, -0.2) is 65.0 Å². The molecule has 0 saturated carbocycles. The SMILES string of the molecule is CCCCCCC(=O)[C@H](CCCN=C(N)N)NC(=O)[C@]1(OC(C)(C)C)CCCN1C(=O)[C@@H](N)C(C)C. The van der Waals surface area contributed by atoms with Crippen molar-refractivity contribution < 1.29 is 19.1 Å². The zero-order valence-electron chi connectivity index (χ0n) is 23.3. The molecule has 0 aliphatic carbocycles. The van der Waals surface area contributed by atoms with Gasteiger partial charge in [-0.15, -0.1) is 0 Å². The third-order valence-electron chi connectivity index (χ3n) is 6.35. The van der Waals surface area contributed by atoms with Gasteiger partial charge in [0.15, 0.2) is 11.7 Å². The molecule has 1 aliphatic rings. The van der Waals surface area contributed by atoms with Crippen molar-refractivity contribution in [3.8, 4) is 0 Å². The summed E-state index contributed by atoms with van der Waals surface area (Å²) in [4.78, 5) is 45.8. The molecule has 3 atom stereocenters. The summed E-state index contributed by atoms with van der Waals surface area (Å²) in [6.07, 6.45) is 6.08. The molecule has 1 saturated heterocycles. The Hall–Kier alpha value is -2.20. The molecule has 7 N–H and O–H groups in total. The van der Waals surface area contributed by atoms with E-state index in [1.165, 1.54) is 4.90 Å². The molecule has 208 valence electrons. The van der Waals surface area contributed by atoms with Crippen molar-refractivity contribution >= 4 is 23.6 Å². The average Bonchev–Trinajstić information content (AvgIpc) is 3.20. The fourth-order valence-electron chi connectivity index (χ4n) is 4.43. The second-order valence-corrected chi connectivity index (χ2v) is 11.1. The number of Topliss-reactive ketones (excluding diaryl/α,β-unsaturated/α-hetero) is 1. The van der Waals surface area contributed by atoms with Crippen molar-refractivity contribution in [1.29, 1.82) is 0 Å². The van der Waals surface area contributed by atoms with Gasteiger partial charge in [0, 0.05) is 25.9 Å². The van der Waals surface area contributed by atoms with Crippen molar-refractivity contribution in [3.63, 3.8) is 0 Å². The monoisotopic (exact) mass is 510 g/mol. The number of carbonyl (C=O) groups excluding carboxylic acids is 3. The molecule has 0 aromatic heterocycles. The number of nitrogens with one attached hydrogen (secondary N) is 1. The number of likely N-dealkylation sites (tertiary alicyclic amines) is 1. The standard InChI is InChI=1S/C26H50N6O4/c1-7-8-9-10-14-20(33)19(13-11-16-30-24(28)29)31-23(35)26(36-25(4,5)6)15-12-17-32(26)22(34)21(27)18(2)3/h18-19,21H,7-17,27H2,1-6H3,(H,31,35)(H4,28,29,30)/t19-,21-,26+/m0/s1. The maximum Gasteiger partial charge on any atom is 0.274 e. The Kier molecular flexibility index (Phi) is 12.8. The molecular formula is C26H50N6O4. The van der Waals surface area contributed by atoms with Gasteiger partial charge >= 0.3 is 0 Å². The van der Waals surface area contributed by atoms with E-state index in [0.717, 1.165) is 25.7 Å². The lowest BCUT2D eigenvalue weighted by molar-refractivity contribution is -0.207. The highest BCUT2D eigenvalue weighted by Crippen LogP contribution is 2.36. The molecule has 10 heteroatoms. The summed E-state index contributed by atoms with van der Waals surface area (Å²) in [5, 5.41) is 2.95. The fourth-order valence-corrected chi connectivity index (χ4v) is 4.43. The quantitative estimate of drug-likeness (QED) is 0.149. The van der Waals surface area contributed by atoms with E-state index >= 15 is 0 Å². The van der Waals surface area contributed by atoms with Crippen LogP contribution in [0.15, 0.2) is 4.99 Å². The van der Waals surface area contributed by atoms with E-state index in [-0.39, 0.29) is 23.6 Å². The highest BCUT2D eigenvalue weighted by molar-refractivity contribution is 5.95. The molecule has 1 fully saturated rings. The van der Waals surface area contributed by atoms with Crippen LogP contribution in [0.2, 0.25) is 0 Å². The van der Waals surface area contributed by atoms with Gasteiger partial charge in [0.2, 0.25) is 11.6 Å². The van der Waals surface area contributed by atoms with Gasteiger partial charge in [-0.2, -0.15) is 0 Å². The Morgan fingerprint density at radius 1 is 1.11 bits per heavy atom. The van der Waals surface area contributed by atoms with Crippen LogP contribution in [0.25, 0.3) is 0 Å². The molecule has 0 bridgehead atoms. The van der Waals surface area contributed by atoms with Crippen molar-refractivity contribution in [2.75, 3.05) is 13.1 Å². The maximum atomic E-state index is 13.9. The Labute approximate surface area is 217 Å². The number of unbranched alkanes of at least 4 members (excludes halogenated alkanes) is 3. The molecule has 0 radical (unpaired) electrons. The van der Waals surface area contributed by atoms with Gasteiger partial charge in [0.25, 0.3) is 5.91 Å². The first-order valence-corrected chi connectivity index (χ1v) is 13.4. The number of rotatable bonds is 15. The molecule has 0 spiro atoms. The summed E-state index contributed by atoms with van der Waals surface area (Å²) in [6.45, 7) is 12.1. The molecule has 1 rings (SSSR count). The summed E-state index contributed by atoms with van der Waals surface area (Å²) >= 11 is 0. The number of hydrogen-bond donors (Lipinski definition) is 4. The summed E-state index contributed by atoms with van der Waals surface area (Å²) < 4.78 is 6.33. The van der Waals surface area contributed by atoms with Crippen molar-refractivity contribution in [2.45, 2.75) is 123 Å². The molecule has 0 aromatic carbocycles. The average molecular weight is 511 g/mol. The highest BCUT2D eigenvalue weighted by atomic mass is 16.5. The first-order chi connectivity index (χ1) is 16.7. The van der Waals surface area contributed by atoms with Crippen LogP contribution < -0.4 is 22.5 Å². The predicted molar refractivity (Wildman–Crippen MR) is 143 cm³/mol. The third kappa shape index (κ3) is 9.69. The molecule has 36 heavy (non-hydrogen) atoms. The van der Waals surface area contributed by atoms with Gasteiger partial charge in [0.05, 0.1) is 17.7 Å². The molecule has 0 aromatic rings. The van der Waals surface area contributed by atoms with Gasteiger partial charge in [-0.3, -0.25) is 19.4 Å². The minimum absolute atomic E-state index is 0.0133. The smallest absolute Gasteiger partial charge is 0.274 e. The molecule has 1 heterocycles. The molecule has 0 unspecified atom stereocenters. The highest BCUT2D eigenvalue weighted by Gasteiger charge is 2.54. The Balaban J connectivity index is 3.20. The minimum atomic E-state index is -1.53. The van der Waals surface area contributed by atoms with E-state index in [9.17, 15) is 14.4 Å². The van der Waals surface area contributed by atoms with Crippen LogP contribution in [0.5, 0.6) is 0 Å². The number of ketones is 1. The Morgan fingerprint density at radius 2 is 1.78 bits per heavy atom. The molecule has 1 aliphatic heterocycles. The first-order valence-electron chi connectivity index (χ1n) is 13.4. The number of ether oxygens (including phenoxy) is 1. The van der Waals surface area contributed by atoms with Gasteiger partial charge in [-0.1, -0.05) is 40.0 Å². The topological polar surface area (TPSA) is 166 Å². The molecule has 2 amide bonds. The predicted octanol–water partition coefficient (Wildman–Crippen LogP) is 2.18. The van der Waals surface area contributed by atoms with Crippen LogP contribution in [-0.2, 0) is 19.1 Å². The van der Waals surface area contributed by atoms with Gasteiger partial charge in [-0.25, -0.2) is 0 Å². The van der Waals surface area contributed by atoms with E-state index < -0.39 is 29.3 Å². The van der Waals surface area contributed by atoms with Gasteiger partial charge in [-0.05, 0) is 52.4 Å². The Morgan fingerprint density at radius 3 is 2.33 bits per heavy atom. The first kappa shape index (κ1) is 31.8. The number of carbonyl (C=O) groups is 3. The van der Waals surface area contributed by atoms with Crippen LogP contribution in [0.4, 0.5) is 0 Å². The summed E-state index contributed by atoms with van der Waals surface area (Å²) in [5.74, 6) is -0.947. The maximum absolute atomic E-state index is 13.9. The second-order valence-electron chi connectivity index (χ2n) is 11.1. The van der Waals surface area contributed by atoms with E-state index in [1.54, 1.807) is 0 Å². The fraction of sp³-hybridized carbons (Fsp3) is 0.846. The van der Waals surface area contributed by atoms with E-state index in [0.29, 0.717) is 45.2 Å². The van der Waals surface area contributed by atoms with Gasteiger partial charge < -0.3 is 32.2 Å². The van der Waals surface area contributed by atoms with Crippen molar-refractivity contribution in [3.05, 3.63) is 0 Å². The van der Waals surface area contributed by atoms with E-state index in [4.69, 9.17) is 21.9 Å². The van der Waals surface area contributed by atoms with Crippen molar-refractivity contribution in [1.82, 2.24) is 10.2 Å². The normalized spacial score (nSPS) is 19.7. The molecule has 10 nitrogen and oxygen atoms in total. The van der Waals surface area contributed by atoms with E-state index in [1.807, 2.05) is 34.6 Å². The zero-order valence-corrected chi connectivity index (χ0v) is 23.3. The lowest BCUT2D eigenvalue weighted by Gasteiger charge is -2.43. The summed E-state index contributed by atoms with van der Waals surface area (Å²) in [7, 11) is 0.